The lowest BCUT2D eigenvalue weighted by molar-refractivity contribution is 0.616. The van der Waals surface area contributed by atoms with Crippen LogP contribution in [0.25, 0.3) is 87.8 Å². The summed E-state index contributed by atoms with van der Waals surface area (Å²) in [5.74, 6) is 0. The predicted molar refractivity (Wildman–Crippen MR) is 175 cm³/mol. The molecular weight excluding hydrogens is 512 g/mol. The molecule has 0 atom stereocenters. The first-order valence-corrected chi connectivity index (χ1v) is 14.3. The average Bonchev–Trinajstić information content (AvgIpc) is 3.67. The zero-order chi connectivity index (χ0) is 27.6. The molecule has 0 spiro atoms. The molecule has 0 aliphatic carbocycles. The number of para-hydroxylation sites is 1. The molecule has 0 aliphatic rings. The van der Waals surface area contributed by atoms with Crippen LogP contribution < -0.4 is 0 Å². The Morgan fingerprint density at radius 3 is 1.69 bits per heavy atom. The van der Waals surface area contributed by atoms with E-state index in [4.69, 9.17) is 8.83 Å². The Bertz CT molecular complexity index is 2420. The van der Waals surface area contributed by atoms with Gasteiger partial charge >= 0.3 is 0 Å². The molecule has 0 unspecified atom stereocenters. The lowest BCUT2D eigenvalue weighted by Crippen LogP contribution is -1.92. The van der Waals surface area contributed by atoms with E-state index in [1.807, 2.05) is 18.2 Å². The van der Waals surface area contributed by atoms with Gasteiger partial charge in [0, 0.05) is 16.2 Å². The number of rotatable bonds is 3. The third-order valence-electron chi connectivity index (χ3n) is 8.56. The molecule has 0 amide bonds. The van der Waals surface area contributed by atoms with Crippen LogP contribution in [-0.4, -0.2) is 0 Å². The number of benzene rings is 7. The second-order valence-corrected chi connectivity index (χ2v) is 10.9. The zero-order valence-corrected chi connectivity index (χ0v) is 22.7. The molecule has 9 aromatic rings. The highest BCUT2D eigenvalue weighted by molar-refractivity contribution is 6.23. The summed E-state index contributed by atoms with van der Waals surface area (Å²) in [6.07, 6.45) is 1.75. The normalized spacial score (nSPS) is 11.8. The van der Waals surface area contributed by atoms with Crippen molar-refractivity contribution in [1.82, 2.24) is 0 Å². The third-order valence-corrected chi connectivity index (χ3v) is 8.56. The Labute approximate surface area is 242 Å². The van der Waals surface area contributed by atoms with Gasteiger partial charge in [-0.15, -0.1) is 0 Å². The van der Waals surface area contributed by atoms with E-state index in [1.54, 1.807) is 6.26 Å². The summed E-state index contributed by atoms with van der Waals surface area (Å²) in [6.45, 7) is 0. The summed E-state index contributed by atoms with van der Waals surface area (Å²) < 4.78 is 11.8. The Hall–Kier alpha value is -5.60. The summed E-state index contributed by atoms with van der Waals surface area (Å²) in [4.78, 5) is 0. The van der Waals surface area contributed by atoms with Gasteiger partial charge in [-0.2, -0.15) is 0 Å². The second kappa shape index (κ2) is 8.95. The van der Waals surface area contributed by atoms with E-state index < -0.39 is 0 Å². The van der Waals surface area contributed by atoms with Crippen molar-refractivity contribution in [2.45, 2.75) is 0 Å². The predicted octanol–water partition coefficient (Wildman–Crippen LogP) is 11.6. The van der Waals surface area contributed by atoms with E-state index in [2.05, 4.69) is 121 Å². The van der Waals surface area contributed by atoms with E-state index in [-0.39, 0.29) is 0 Å². The van der Waals surface area contributed by atoms with Crippen LogP contribution in [0.2, 0.25) is 0 Å². The summed E-state index contributed by atoms with van der Waals surface area (Å²) >= 11 is 0. The van der Waals surface area contributed by atoms with Crippen LogP contribution in [0.5, 0.6) is 0 Å². The Kier molecular flexibility index (Phi) is 4.93. The molecule has 2 heterocycles. The van der Waals surface area contributed by atoms with Crippen LogP contribution >= 0.6 is 0 Å². The van der Waals surface area contributed by atoms with Gasteiger partial charge in [0.05, 0.1) is 6.26 Å². The van der Waals surface area contributed by atoms with Crippen molar-refractivity contribution in [3.8, 4) is 33.4 Å². The minimum atomic E-state index is 0.902. The molecule has 42 heavy (non-hydrogen) atoms. The molecule has 0 bridgehead atoms. The molecule has 0 fully saturated rings. The first-order valence-electron chi connectivity index (χ1n) is 14.3. The monoisotopic (exact) mass is 536 g/mol. The lowest BCUT2D eigenvalue weighted by atomic mass is 9.83. The smallest absolute Gasteiger partial charge is 0.135 e. The van der Waals surface area contributed by atoms with Crippen molar-refractivity contribution in [1.29, 1.82) is 0 Å². The molecule has 0 saturated carbocycles. The molecule has 196 valence electrons. The maximum Gasteiger partial charge on any atom is 0.135 e. The number of fused-ring (bicyclic) bond motifs is 6. The van der Waals surface area contributed by atoms with Crippen molar-refractivity contribution < 1.29 is 8.83 Å². The maximum atomic E-state index is 6.17. The molecule has 0 N–H and O–H groups in total. The van der Waals surface area contributed by atoms with Gasteiger partial charge in [0.25, 0.3) is 0 Å². The van der Waals surface area contributed by atoms with Gasteiger partial charge in [-0.1, -0.05) is 103 Å². The minimum absolute atomic E-state index is 0.902. The fourth-order valence-electron chi connectivity index (χ4n) is 6.70. The van der Waals surface area contributed by atoms with E-state index in [1.165, 1.54) is 54.9 Å². The summed E-state index contributed by atoms with van der Waals surface area (Å²) in [6, 6.07) is 49.8. The summed E-state index contributed by atoms with van der Waals surface area (Å²) in [5.41, 5.74) is 10.0. The zero-order valence-electron chi connectivity index (χ0n) is 22.7. The summed E-state index contributed by atoms with van der Waals surface area (Å²) in [5, 5.41) is 8.33. The van der Waals surface area contributed by atoms with Gasteiger partial charge in [-0.3, -0.25) is 0 Å². The van der Waals surface area contributed by atoms with Crippen molar-refractivity contribution in [2.75, 3.05) is 0 Å². The number of hydrogen-bond donors (Lipinski definition) is 0. The molecule has 2 heteroatoms. The molecule has 2 aromatic heterocycles. The topological polar surface area (TPSA) is 26.3 Å². The van der Waals surface area contributed by atoms with Crippen molar-refractivity contribution >= 4 is 54.5 Å². The Morgan fingerprint density at radius 2 is 0.929 bits per heavy atom. The van der Waals surface area contributed by atoms with Crippen LogP contribution in [0.3, 0.4) is 0 Å². The molecular formula is C40H24O2. The van der Waals surface area contributed by atoms with Gasteiger partial charge in [-0.05, 0) is 91.3 Å². The molecule has 7 aromatic carbocycles. The van der Waals surface area contributed by atoms with Crippen molar-refractivity contribution in [3.63, 3.8) is 0 Å². The average molecular weight is 537 g/mol. The molecule has 0 radical (unpaired) electrons. The fraction of sp³-hybridized carbons (Fsp3) is 0. The van der Waals surface area contributed by atoms with Gasteiger partial charge in [-0.25, -0.2) is 0 Å². The quantitative estimate of drug-likeness (QED) is 0.210. The lowest BCUT2D eigenvalue weighted by Gasteiger charge is -2.19. The summed E-state index contributed by atoms with van der Waals surface area (Å²) in [7, 11) is 0. The molecule has 9 rings (SSSR count). The minimum Gasteiger partial charge on any atom is -0.464 e. The van der Waals surface area contributed by atoms with Crippen molar-refractivity contribution in [2.24, 2.45) is 0 Å². The van der Waals surface area contributed by atoms with Crippen LogP contribution in [0.4, 0.5) is 0 Å². The van der Waals surface area contributed by atoms with Crippen LogP contribution in [0.1, 0.15) is 0 Å². The van der Waals surface area contributed by atoms with Crippen LogP contribution in [-0.2, 0) is 0 Å². The molecule has 0 aliphatic heterocycles. The maximum absolute atomic E-state index is 6.17. The second-order valence-electron chi connectivity index (χ2n) is 10.9. The highest BCUT2D eigenvalue weighted by Gasteiger charge is 2.19. The van der Waals surface area contributed by atoms with E-state index >= 15 is 0 Å². The first-order chi connectivity index (χ1) is 20.8. The fourth-order valence-corrected chi connectivity index (χ4v) is 6.70. The van der Waals surface area contributed by atoms with Crippen molar-refractivity contribution in [3.05, 3.63) is 146 Å². The number of furan rings is 2. The van der Waals surface area contributed by atoms with Gasteiger partial charge in [0.15, 0.2) is 0 Å². The highest BCUT2D eigenvalue weighted by Crippen LogP contribution is 2.46. The van der Waals surface area contributed by atoms with E-state index in [9.17, 15) is 0 Å². The highest BCUT2D eigenvalue weighted by atomic mass is 16.3. The molecule has 2 nitrogen and oxygen atoms in total. The van der Waals surface area contributed by atoms with Gasteiger partial charge in [0.2, 0.25) is 0 Å². The van der Waals surface area contributed by atoms with Gasteiger partial charge in [0.1, 0.15) is 16.7 Å². The van der Waals surface area contributed by atoms with Crippen LogP contribution in [0.15, 0.2) is 155 Å². The number of hydrogen-bond acceptors (Lipinski definition) is 2. The molecule has 0 saturated heterocycles. The van der Waals surface area contributed by atoms with Gasteiger partial charge < -0.3 is 8.83 Å². The first kappa shape index (κ1) is 23.1. The largest absolute Gasteiger partial charge is 0.464 e. The van der Waals surface area contributed by atoms with E-state index in [0.717, 1.165) is 32.9 Å². The standard InChI is InChI=1S/C40H24O2/c1-2-11-30(28(9-1)25-17-19-36-26(23-25)21-22-41-36)40-33-14-5-3-12-31(33)39(32-13-4-6-15-34(32)40)27-18-20-38-35(24-27)29-10-7-8-16-37(29)42-38/h1-24H. The van der Waals surface area contributed by atoms with Crippen LogP contribution in [0, 0.1) is 0 Å². The SMILES string of the molecule is c1ccc(-c2c3ccccc3c(-c3ccc4oc5ccccc5c4c3)c3ccccc23)c(-c2ccc3occc3c2)c1. The Balaban J connectivity index is 1.36. The van der Waals surface area contributed by atoms with E-state index in [0.29, 0.717) is 0 Å². The third kappa shape index (κ3) is 3.39. The Morgan fingerprint density at radius 1 is 0.357 bits per heavy atom.